The van der Waals surface area contributed by atoms with Crippen LogP contribution in [0.2, 0.25) is 0 Å². The Hall–Kier alpha value is -1.26. The standard InChI is InChI=1S/C13H23N3O2/c1-10(17)16(12-4-2-3-5-12)9-8-14-13(18)15-11-6-7-11/h11-12H,2-9H2,1H3,(H2,14,15,18). The summed E-state index contributed by atoms with van der Waals surface area (Å²) in [4.78, 5) is 24.9. The molecule has 0 unspecified atom stereocenters. The van der Waals surface area contributed by atoms with Crippen LogP contribution in [0.5, 0.6) is 0 Å². The second kappa shape index (κ2) is 6.07. The van der Waals surface area contributed by atoms with Crippen LogP contribution in [-0.2, 0) is 4.79 Å². The van der Waals surface area contributed by atoms with Crippen LogP contribution in [0.15, 0.2) is 0 Å². The molecule has 0 aromatic carbocycles. The highest BCUT2D eigenvalue weighted by atomic mass is 16.2. The minimum atomic E-state index is -0.104. The minimum absolute atomic E-state index is 0.104. The topological polar surface area (TPSA) is 61.4 Å². The maximum absolute atomic E-state index is 11.6. The lowest BCUT2D eigenvalue weighted by Crippen LogP contribution is -2.45. The summed E-state index contributed by atoms with van der Waals surface area (Å²) in [5.41, 5.74) is 0. The molecular formula is C13H23N3O2. The van der Waals surface area contributed by atoms with Crippen molar-refractivity contribution in [1.82, 2.24) is 15.5 Å². The van der Waals surface area contributed by atoms with E-state index in [-0.39, 0.29) is 11.9 Å². The van der Waals surface area contributed by atoms with Crippen molar-refractivity contribution >= 4 is 11.9 Å². The Morgan fingerprint density at radius 1 is 1.17 bits per heavy atom. The number of carbonyl (C=O) groups excluding carboxylic acids is 2. The number of nitrogens with one attached hydrogen (secondary N) is 2. The van der Waals surface area contributed by atoms with Crippen molar-refractivity contribution < 1.29 is 9.59 Å². The Morgan fingerprint density at radius 3 is 2.39 bits per heavy atom. The molecular weight excluding hydrogens is 230 g/mol. The molecule has 5 heteroatoms. The molecule has 0 heterocycles. The monoisotopic (exact) mass is 253 g/mol. The zero-order valence-electron chi connectivity index (χ0n) is 11.1. The summed E-state index contributed by atoms with van der Waals surface area (Å²) in [6.07, 6.45) is 6.82. The van der Waals surface area contributed by atoms with E-state index in [2.05, 4.69) is 10.6 Å². The molecule has 0 aromatic heterocycles. The molecule has 2 saturated carbocycles. The van der Waals surface area contributed by atoms with Gasteiger partial charge in [0.05, 0.1) is 0 Å². The Kier molecular flexibility index (Phi) is 4.44. The largest absolute Gasteiger partial charge is 0.338 e. The first-order valence-corrected chi connectivity index (χ1v) is 6.98. The number of rotatable bonds is 5. The minimum Gasteiger partial charge on any atom is -0.338 e. The molecule has 0 saturated heterocycles. The van der Waals surface area contributed by atoms with Gasteiger partial charge in [-0.05, 0) is 25.7 Å². The van der Waals surface area contributed by atoms with Crippen molar-refractivity contribution in [2.75, 3.05) is 13.1 Å². The van der Waals surface area contributed by atoms with E-state index in [0.29, 0.717) is 25.2 Å². The van der Waals surface area contributed by atoms with Crippen molar-refractivity contribution in [2.45, 2.75) is 57.5 Å². The van der Waals surface area contributed by atoms with Gasteiger partial charge in [0.15, 0.2) is 0 Å². The van der Waals surface area contributed by atoms with Crippen LogP contribution in [0.4, 0.5) is 4.79 Å². The van der Waals surface area contributed by atoms with Gasteiger partial charge in [-0.3, -0.25) is 4.79 Å². The highest BCUT2D eigenvalue weighted by molar-refractivity contribution is 5.75. The number of nitrogens with zero attached hydrogens (tertiary/aromatic N) is 1. The van der Waals surface area contributed by atoms with Gasteiger partial charge in [0.25, 0.3) is 0 Å². The molecule has 18 heavy (non-hydrogen) atoms. The Morgan fingerprint density at radius 2 is 1.83 bits per heavy atom. The SMILES string of the molecule is CC(=O)N(CCNC(=O)NC1CC1)C1CCCC1. The zero-order chi connectivity index (χ0) is 13.0. The summed E-state index contributed by atoms with van der Waals surface area (Å²) in [7, 11) is 0. The van der Waals surface area contributed by atoms with E-state index < -0.39 is 0 Å². The van der Waals surface area contributed by atoms with E-state index in [1.807, 2.05) is 4.90 Å². The number of hydrogen-bond donors (Lipinski definition) is 2. The highest BCUT2D eigenvalue weighted by Gasteiger charge is 2.25. The molecule has 0 atom stereocenters. The van der Waals surface area contributed by atoms with Gasteiger partial charge in [0.2, 0.25) is 5.91 Å². The van der Waals surface area contributed by atoms with Crippen molar-refractivity contribution in [3.05, 3.63) is 0 Å². The first-order chi connectivity index (χ1) is 8.66. The average Bonchev–Trinajstić information content (AvgIpc) is 2.95. The van der Waals surface area contributed by atoms with E-state index in [4.69, 9.17) is 0 Å². The first kappa shape index (κ1) is 13.2. The molecule has 0 spiro atoms. The summed E-state index contributed by atoms with van der Waals surface area (Å²) in [5.74, 6) is 0.117. The molecule has 0 bridgehead atoms. The lowest BCUT2D eigenvalue weighted by Gasteiger charge is -2.27. The lowest BCUT2D eigenvalue weighted by atomic mass is 10.2. The maximum atomic E-state index is 11.6. The van der Waals surface area contributed by atoms with Crippen LogP contribution in [0, 0.1) is 0 Å². The fourth-order valence-electron chi connectivity index (χ4n) is 2.57. The maximum Gasteiger partial charge on any atom is 0.315 e. The molecule has 2 aliphatic carbocycles. The molecule has 0 aliphatic heterocycles. The summed E-state index contributed by atoms with van der Waals surface area (Å²) >= 11 is 0. The predicted octanol–water partition coefficient (Wildman–Crippen LogP) is 1.24. The van der Waals surface area contributed by atoms with Crippen LogP contribution in [-0.4, -0.2) is 42.0 Å². The van der Waals surface area contributed by atoms with Gasteiger partial charge in [0.1, 0.15) is 0 Å². The van der Waals surface area contributed by atoms with Gasteiger partial charge in [0, 0.05) is 32.1 Å². The predicted molar refractivity (Wildman–Crippen MR) is 69.2 cm³/mol. The summed E-state index contributed by atoms with van der Waals surface area (Å²) in [6.45, 7) is 2.77. The highest BCUT2D eigenvalue weighted by Crippen LogP contribution is 2.23. The van der Waals surface area contributed by atoms with Crippen LogP contribution in [0.1, 0.15) is 45.4 Å². The summed E-state index contributed by atoms with van der Waals surface area (Å²) < 4.78 is 0. The normalized spacial score (nSPS) is 19.6. The Balaban J connectivity index is 1.68. The van der Waals surface area contributed by atoms with Crippen molar-refractivity contribution in [2.24, 2.45) is 0 Å². The van der Waals surface area contributed by atoms with Crippen LogP contribution in [0.3, 0.4) is 0 Å². The molecule has 2 rings (SSSR count). The van der Waals surface area contributed by atoms with E-state index >= 15 is 0 Å². The number of urea groups is 1. The third-order valence-corrected chi connectivity index (χ3v) is 3.72. The molecule has 2 fully saturated rings. The van der Waals surface area contributed by atoms with Crippen molar-refractivity contribution in [3.63, 3.8) is 0 Å². The number of carbonyl (C=O) groups is 2. The Bertz CT molecular complexity index is 309. The zero-order valence-corrected chi connectivity index (χ0v) is 11.1. The second-order valence-corrected chi connectivity index (χ2v) is 5.33. The fourth-order valence-corrected chi connectivity index (χ4v) is 2.57. The molecule has 5 nitrogen and oxygen atoms in total. The third-order valence-electron chi connectivity index (χ3n) is 3.72. The summed E-state index contributed by atoms with van der Waals surface area (Å²) in [5, 5.41) is 5.69. The molecule has 2 aliphatic rings. The molecule has 102 valence electrons. The molecule has 0 radical (unpaired) electrons. The van der Waals surface area contributed by atoms with Gasteiger partial charge in [-0.15, -0.1) is 0 Å². The van der Waals surface area contributed by atoms with E-state index in [1.54, 1.807) is 6.92 Å². The first-order valence-electron chi connectivity index (χ1n) is 6.98. The number of hydrogen-bond acceptors (Lipinski definition) is 2. The van der Waals surface area contributed by atoms with Crippen molar-refractivity contribution in [1.29, 1.82) is 0 Å². The fraction of sp³-hybridized carbons (Fsp3) is 0.846. The van der Waals surface area contributed by atoms with Crippen LogP contribution in [0.25, 0.3) is 0 Å². The molecule has 0 aromatic rings. The summed E-state index contributed by atoms with van der Waals surface area (Å²) in [6, 6.07) is 0.659. The van der Waals surface area contributed by atoms with Gasteiger partial charge < -0.3 is 15.5 Å². The van der Waals surface area contributed by atoms with Gasteiger partial charge in [-0.2, -0.15) is 0 Å². The Labute approximate surface area is 108 Å². The van der Waals surface area contributed by atoms with E-state index in [9.17, 15) is 9.59 Å². The smallest absolute Gasteiger partial charge is 0.315 e. The third kappa shape index (κ3) is 3.89. The second-order valence-electron chi connectivity index (χ2n) is 5.33. The van der Waals surface area contributed by atoms with Gasteiger partial charge >= 0.3 is 6.03 Å². The van der Waals surface area contributed by atoms with E-state index in [0.717, 1.165) is 25.7 Å². The van der Waals surface area contributed by atoms with Crippen LogP contribution < -0.4 is 10.6 Å². The molecule has 3 amide bonds. The molecule has 2 N–H and O–H groups in total. The van der Waals surface area contributed by atoms with Crippen LogP contribution >= 0.6 is 0 Å². The van der Waals surface area contributed by atoms with Crippen molar-refractivity contribution in [3.8, 4) is 0 Å². The number of amides is 3. The lowest BCUT2D eigenvalue weighted by molar-refractivity contribution is -0.130. The van der Waals surface area contributed by atoms with E-state index in [1.165, 1.54) is 12.8 Å². The average molecular weight is 253 g/mol. The van der Waals surface area contributed by atoms with Gasteiger partial charge in [-0.1, -0.05) is 12.8 Å². The van der Waals surface area contributed by atoms with Gasteiger partial charge in [-0.25, -0.2) is 4.79 Å². The quantitative estimate of drug-likeness (QED) is 0.774.